The Labute approximate surface area is 107 Å². The van der Waals surface area contributed by atoms with Gasteiger partial charge in [0.2, 0.25) is 0 Å². The lowest BCUT2D eigenvalue weighted by Gasteiger charge is -2.12. The molecule has 0 aliphatic heterocycles. The quantitative estimate of drug-likeness (QED) is 0.691. The molecule has 1 nitrogen and oxygen atoms in total. The van der Waals surface area contributed by atoms with Gasteiger partial charge in [-0.1, -0.05) is 43.6 Å². The van der Waals surface area contributed by atoms with Crippen LogP contribution in [0.15, 0.2) is 36.5 Å². The number of pyridine rings is 1. The summed E-state index contributed by atoms with van der Waals surface area (Å²) >= 11 is 6.10. The van der Waals surface area contributed by atoms with Crippen LogP contribution in [0.4, 0.5) is 0 Å². The van der Waals surface area contributed by atoms with E-state index >= 15 is 0 Å². The van der Waals surface area contributed by atoms with Crippen LogP contribution in [0.1, 0.15) is 30.9 Å². The summed E-state index contributed by atoms with van der Waals surface area (Å²) in [6.07, 6.45) is 1.71. The van der Waals surface area contributed by atoms with E-state index in [1.54, 1.807) is 6.20 Å². The van der Waals surface area contributed by atoms with Crippen molar-refractivity contribution in [3.8, 4) is 11.1 Å². The number of aromatic nitrogens is 1. The summed E-state index contributed by atoms with van der Waals surface area (Å²) in [5.74, 6) is 0.549. The normalized spacial score (nSPS) is 10.9. The van der Waals surface area contributed by atoms with Gasteiger partial charge in [0.15, 0.2) is 0 Å². The molecule has 88 valence electrons. The highest BCUT2D eigenvalue weighted by molar-refractivity contribution is 6.32. The molecule has 2 aromatic rings. The molecule has 0 aliphatic carbocycles. The van der Waals surface area contributed by atoms with E-state index in [2.05, 4.69) is 44.0 Å². The van der Waals surface area contributed by atoms with Crippen LogP contribution in [0.5, 0.6) is 0 Å². The third-order valence-electron chi connectivity index (χ3n) is 2.96. The maximum atomic E-state index is 6.10. The van der Waals surface area contributed by atoms with Gasteiger partial charge in [0.1, 0.15) is 5.15 Å². The number of hydrogen-bond acceptors (Lipinski definition) is 1. The van der Waals surface area contributed by atoms with E-state index in [-0.39, 0.29) is 0 Å². The van der Waals surface area contributed by atoms with Gasteiger partial charge in [-0.05, 0) is 41.7 Å². The van der Waals surface area contributed by atoms with E-state index in [9.17, 15) is 0 Å². The molecule has 0 amide bonds. The minimum atomic E-state index is 0.549. The standard InChI is InChI=1S/C15H16ClN/c1-10(2)13-7-6-12(9-11(13)3)14-5-4-8-17-15(14)16/h4-10H,1-3H3. The summed E-state index contributed by atoms with van der Waals surface area (Å²) in [4.78, 5) is 4.11. The molecule has 0 unspecified atom stereocenters. The predicted molar refractivity (Wildman–Crippen MR) is 73.5 cm³/mol. The molecule has 0 bridgehead atoms. The Kier molecular flexibility index (Phi) is 3.49. The first kappa shape index (κ1) is 12.1. The summed E-state index contributed by atoms with van der Waals surface area (Å²) < 4.78 is 0. The van der Waals surface area contributed by atoms with Crippen LogP contribution in [-0.4, -0.2) is 4.98 Å². The van der Waals surface area contributed by atoms with Crippen LogP contribution in [0.3, 0.4) is 0 Å². The topological polar surface area (TPSA) is 12.9 Å². The van der Waals surface area contributed by atoms with Crippen LogP contribution in [0.2, 0.25) is 5.15 Å². The second-order valence-electron chi connectivity index (χ2n) is 4.57. The van der Waals surface area contributed by atoms with Crippen molar-refractivity contribution in [3.63, 3.8) is 0 Å². The maximum Gasteiger partial charge on any atom is 0.136 e. The highest BCUT2D eigenvalue weighted by atomic mass is 35.5. The second kappa shape index (κ2) is 4.89. The summed E-state index contributed by atoms with van der Waals surface area (Å²) in [5, 5.41) is 0.559. The van der Waals surface area contributed by atoms with Crippen molar-refractivity contribution < 1.29 is 0 Å². The van der Waals surface area contributed by atoms with E-state index < -0.39 is 0 Å². The third-order valence-corrected chi connectivity index (χ3v) is 3.26. The number of hydrogen-bond donors (Lipinski definition) is 0. The van der Waals surface area contributed by atoms with Gasteiger partial charge in [-0.3, -0.25) is 0 Å². The molecule has 2 heteroatoms. The van der Waals surface area contributed by atoms with Crippen LogP contribution in [-0.2, 0) is 0 Å². The van der Waals surface area contributed by atoms with Gasteiger partial charge in [-0.25, -0.2) is 4.98 Å². The zero-order valence-electron chi connectivity index (χ0n) is 10.4. The Hall–Kier alpha value is -1.34. The van der Waals surface area contributed by atoms with E-state index in [1.807, 2.05) is 12.1 Å². The van der Waals surface area contributed by atoms with Gasteiger partial charge in [0.05, 0.1) is 0 Å². The van der Waals surface area contributed by atoms with E-state index in [0.29, 0.717) is 11.1 Å². The minimum absolute atomic E-state index is 0.549. The molecule has 0 aliphatic rings. The van der Waals surface area contributed by atoms with Gasteiger partial charge < -0.3 is 0 Å². The van der Waals surface area contributed by atoms with Crippen LogP contribution < -0.4 is 0 Å². The van der Waals surface area contributed by atoms with Crippen molar-refractivity contribution in [2.24, 2.45) is 0 Å². The number of rotatable bonds is 2. The summed E-state index contributed by atoms with van der Waals surface area (Å²) in [7, 11) is 0. The van der Waals surface area contributed by atoms with Crippen LogP contribution in [0, 0.1) is 6.92 Å². The molecule has 1 heterocycles. The first-order valence-electron chi connectivity index (χ1n) is 5.81. The first-order chi connectivity index (χ1) is 8.09. The van der Waals surface area contributed by atoms with Crippen LogP contribution >= 0.6 is 11.6 Å². The number of aryl methyl sites for hydroxylation is 1. The Morgan fingerprint density at radius 1 is 1.18 bits per heavy atom. The number of halogens is 1. The Bertz CT molecular complexity index is 532. The molecule has 0 atom stereocenters. The first-order valence-corrected chi connectivity index (χ1v) is 6.19. The van der Waals surface area contributed by atoms with Crippen molar-refractivity contribution in [3.05, 3.63) is 52.8 Å². The lowest BCUT2D eigenvalue weighted by atomic mass is 9.94. The summed E-state index contributed by atoms with van der Waals surface area (Å²) in [6, 6.07) is 10.4. The zero-order chi connectivity index (χ0) is 12.4. The largest absolute Gasteiger partial charge is 0.244 e. The lowest BCUT2D eigenvalue weighted by Crippen LogP contribution is -1.92. The van der Waals surface area contributed by atoms with Gasteiger partial charge >= 0.3 is 0 Å². The van der Waals surface area contributed by atoms with Crippen molar-refractivity contribution in [2.75, 3.05) is 0 Å². The molecule has 0 saturated heterocycles. The van der Waals surface area contributed by atoms with Crippen molar-refractivity contribution in [1.29, 1.82) is 0 Å². The van der Waals surface area contributed by atoms with Gasteiger partial charge in [0.25, 0.3) is 0 Å². The average Bonchev–Trinajstić information content (AvgIpc) is 2.29. The molecule has 0 fully saturated rings. The second-order valence-corrected chi connectivity index (χ2v) is 4.93. The Balaban J connectivity index is 2.49. The lowest BCUT2D eigenvalue weighted by molar-refractivity contribution is 0.857. The smallest absolute Gasteiger partial charge is 0.136 e. The van der Waals surface area contributed by atoms with Gasteiger partial charge in [-0.15, -0.1) is 0 Å². The fourth-order valence-electron chi connectivity index (χ4n) is 2.09. The van der Waals surface area contributed by atoms with E-state index in [1.165, 1.54) is 11.1 Å². The molecule has 1 aromatic heterocycles. The Morgan fingerprint density at radius 2 is 1.94 bits per heavy atom. The zero-order valence-corrected chi connectivity index (χ0v) is 11.1. The van der Waals surface area contributed by atoms with Crippen molar-refractivity contribution in [1.82, 2.24) is 4.98 Å². The average molecular weight is 246 g/mol. The monoisotopic (exact) mass is 245 g/mol. The highest BCUT2D eigenvalue weighted by Gasteiger charge is 2.07. The molecular formula is C15H16ClN. The molecule has 2 rings (SSSR count). The minimum Gasteiger partial charge on any atom is -0.244 e. The number of nitrogens with zero attached hydrogens (tertiary/aromatic N) is 1. The Morgan fingerprint density at radius 3 is 2.53 bits per heavy atom. The van der Waals surface area contributed by atoms with Crippen LogP contribution in [0.25, 0.3) is 11.1 Å². The van der Waals surface area contributed by atoms with E-state index in [4.69, 9.17) is 11.6 Å². The van der Waals surface area contributed by atoms with Gasteiger partial charge in [0, 0.05) is 11.8 Å². The molecule has 0 saturated carbocycles. The summed E-state index contributed by atoms with van der Waals surface area (Å²) in [5.41, 5.74) is 4.81. The van der Waals surface area contributed by atoms with E-state index in [0.717, 1.165) is 11.1 Å². The molecule has 17 heavy (non-hydrogen) atoms. The van der Waals surface area contributed by atoms with Gasteiger partial charge in [-0.2, -0.15) is 0 Å². The maximum absolute atomic E-state index is 6.10. The molecule has 1 aromatic carbocycles. The SMILES string of the molecule is Cc1cc(-c2cccnc2Cl)ccc1C(C)C. The number of benzene rings is 1. The fraction of sp³-hybridized carbons (Fsp3) is 0.267. The fourth-order valence-corrected chi connectivity index (χ4v) is 2.32. The van der Waals surface area contributed by atoms with Crippen molar-refractivity contribution >= 4 is 11.6 Å². The third kappa shape index (κ3) is 2.50. The predicted octanol–water partition coefficient (Wildman–Crippen LogP) is 4.83. The summed E-state index contributed by atoms with van der Waals surface area (Å²) in [6.45, 7) is 6.56. The van der Waals surface area contributed by atoms with Crippen molar-refractivity contribution in [2.45, 2.75) is 26.7 Å². The molecular weight excluding hydrogens is 230 g/mol. The molecule has 0 spiro atoms. The molecule has 0 N–H and O–H groups in total. The highest BCUT2D eigenvalue weighted by Crippen LogP contribution is 2.29. The molecule has 0 radical (unpaired) electrons.